The van der Waals surface area contributed by atoms with Crippen molar-refractivity contribution in [3.8, 4) is 5.75 Å². The van der Waals surface area contributed by atoms with Crippen molar-refractivity contribution >= 4 is 0 Å². The molecular formula is C15H21NO2. The van der Waals surface area contributed by atoms with Crippen LogP contribution in [0.15, 0.2) is 18.2 Å². The molecule has 3 heteroatoms. The molecule has 2 aliphatic carbocycles. The Balaban J connectivity index is 1.55. The molecule has 0 saturated heterocycles. The Morgan fingerprint density at radius 2 is 2.11 bits per heavy atom. The molecule has 0 amide bonds. The zero-order valence-corrected chi connectivity index (χ0v) is 10.7. The third-order valence-electron chi connectivity index (χ3n) is 3.79. The molecule has 0 aliphatic heterocycles. The Morgan fingerprint density at radius 3 is 2.89 bits per heavy atom. The summed E-state index contributed by atoms with van der Waals surface area (Å²) in [5.41, 5.74) is 2.90. The summed E-state index contributed by atoms with van der Waals surface area (Å²) in [4.78, 5) is 0. The molecule has 1 saturated carbocycles. The Hall–Kier alpha value is -1.06. The average molecular weight is 247 g/mol. The van der Waals surface area contributed by atoms with Crippen LogP contribution in [-0.2, 0) is 12.8 Å². The van der Waals surface area contributed by atoms with Gasteiger partial charge in [0.15, 0.2) is 0 Å². The van der Waals surface area contributed by atoms with E-state index in [0.29, 0.717) is 12.6 Å². The lowest BCUT2D eigenvalue weighted by Gasteiger charge is -2.17. The van der Waals surface area contributed by atoms with Crippen LogP contribution >= 0.6 is 0 Å². The minimum absolute atomic E-state index is 0.0609. The van der Waals surface area contributed by atoms with E-state index < -0.39 is 0 Å². The van der Waals surface area contributed by atoms with Gasteiger partial charge < -0.3 is 15.2 Å². The Morgan fingerprint density at radius 1 is 1.28 bits per heavy atom. The van der Waals surface area contributed by atoms with Gasteiger partial charge >= 0.3 is 0 Å². The lowest BCUT2D eigenvalue weighted by Crippen LogP contribution is -2.39. The van der Waals surface area contributed by atoms with E-state index in [4.69, 9.17) is 4.74 Å². The standard InChI is InChI=1S/C15H21NO2/c17-9-14(16-13-5-6-13)10-18-15-7-4-11-2-1-3-12(11)8-15/h4,7-8,13-14,16-17H,1-3,5-6,9-10H2. The van der Waals surface area contributed by atoms with E-state index >= 15 is 0 Å². The quantitative estimate of drug-likeness (QED) is 0.803. The van der Waals surface area contributed by atoms with Crippen LogP contribution in [-0.4, -0.2) is 30.4 Å². The van der Waals surface area contributed by atoms with Gasteiger partial charge in [0.05, 0.1) is 12.6 Å². The van der Waals surface area contributed by atoms with Crippen molar-refractivity contribution in [3.63, 3.8) is 0 Å². The summed E-state index contributed by atoms with van der Waals surface area (Å²) < 4.78 is 5.79. The molecule has 2 aliphatic rings. The molecule has 0 spiro atoms. The molecule has 0 aromatic heterocycles. The molecule has 0 bridgehead atoms. The molecule has 1 fully saturated rings. The van der Waals surface area contributed by atoms with E-state index in [2.05, 4.69) is 23.5 Å². The second-order valence-electron chi connectivity index (χ2n) is 5.42. The molecule has 3 nitrogen and oxygen atoms in total. The predicted octanol–water partition coefficient (Wildman–Crippen LogP) is 1.67. The van der Waals surface area contributed by atoms with Gasteiger partial charge in [-0.25, -0.2) is 0 Å². The number of nitrogens with one attached hydrogen (secondary N) is 1. The monoisotopic (exact) mass is 247 g/mol. The summed E-state index contributed by atoms with van der Waals surface area (Å²) in [6.07, 6.45) is 6.11. The Labute approximate surface area is 108 Å². The van der Waals surface area contributed by atoms with Crippen LogP contribution in [0.5, 0.6) is 5.75 Å². The zero-order valence-electron chi connectivity index (χ0n) is 10.7. The highest BCUT2D eigenvalue weighted by Crippen LogP contribution is 2.26. The number of aryl methyl sites for hydroxylation is 2. The third kappa shape index (κ3) is 2.85. The van der Waals surface area contributed by atoms with Crippen molar-refractivity contribution in [2.24, 2.45) is 0 Å². The van der Waals surface area contributed by atoms with Crippen LogP contribution in [0.25, 0.3) is 0 Å². The fourth-order valence-electron chi connectivity index (χ4n) is 2.57. The molecule has 1 unspecified atom stereocenters. The van der Waals surface area contributed by atoms with Gasteiger partial charge in [0, 0.05) is 6.04 Å². The Bertz CT molecular complexity index is 415. The van der Waals surface area contributed by atoms with Gasteiger partial charge in [-0.1, -0.05) is 6.07 Å². The highest BCUT2D eigenvalue weighted by molar-refractivity contribution is 5.38. The van der Waals surface area contributed by atoms with Gasteiger partial charge in [-0.3, -0.25) is 0 Å². The van der Waals surface area contributed by atoms with Crippen molar-refractivity contribution < 1.29 is 9.84 Å². The van der Waals surface area contributed by atoms with Crippen LogP contribution in [0.1, 0.15) is 30.4 Å². The first-order chi connectivity index (χ1) is 8.85. The fourth-order valence-corrected chi connectivity index (χ4v) is 2.57. The van der Waals surface area contributed by atoms with Gasteiger partial charge in [-0.05, 0) is 55.4 Å². The normalized spacial score (nSPS) is 19.6. The molecular weight excluding hydrogens is 226 g/mol. The Kier molecular flexibility index (Phi) is 3.52. The molecule has 1 atom stereocenters. The number of benzene rings is 1. The molecule has 3 rings (SSSR count). The van der Waals surface area contributed by atoms with Crippen LogP contribution in [0.3, 0.4) is 0 Å². The molecule has 98 valence electrons. The van der Waals surface area contributed by atoms with Crippen molar-refractivity contribution in [3.05, 3.63) is 29.3 Å². The summed E-state index contributed by atoms with van der Waals surface area (Å²) in [7, 11) is 0. The first kappa shape index (κ1) is 12.0. The molecule has 0 heterocycles. The van der Waals surface area contributed by atoms with Crippen molar-refractivity contribution in [2.45, 2.75) is 44.2 Å². The van der Waals surface area contributed by atoms with E-state index in [-0.39, 0.29) is 12.6 Å². The maximum Gasteiger partial charge on any atom is 0.119 e. The number of aliphatic hydroxyl groups is 1. The van der Waals surface area contributed by atoms with Crippen LogP contribution in [0.2, 0.25) is 0 Å². The first-order valence-corrected chi connectivity index (χ1v) is 6.96. The number of ether oxygens (including phenoxy) is 1. The van der Waals surface area contributed by atoms with Gasteiger partial charge in [0.1, 0.15) is 12.4 Å². The number of hydrogen-bond donors (Lipinski definition) is 2. The maximum atomic E-state index is 9.29. The van der Waals surface area contributed by atoms with Crippen LogP contribution < -0.4 is 10.1 Å². The molecule has 18 heavy (non-hydrogen) atoms. The van der Waals surface area contributed by atoms with Gasteiger partial charge in [-0.2, -0.15) is 0 Å². The van der Waals surface area contributed by atoms with Crippen molar-refractivity contribution in [1.82, 2.24) is 5.32 Å². The second kappa shape index (κ2) is 5.29. The largest absolute Gasteiger partial charge is 0.492 e. The van der Waals surface area contributed by atoms with Gasteiger partial charge in [0.25, 0.3) is 0 Å². The van der Waals surface area contributed by atoms with E-state index in [1.165, 1.54) is 43.2 Å². The number of rotatable bonds is 6. The fraction of sp³-hybridized carbons (Fsp3) is 0.600. The topological polar surface area (TPSA) is 41.5 Å². The predicted molar refractivity (Wildman–Crippen MR) is 71.0 cm³/mol. The van der Waals surface area contributed by atoms with E-state index in [9.17, 15) is 5.11 Å². The molecule has 1 aromatic carbocycles. The summed E-state index contributed by atoms with van der Waals surface area (Å²) >= 11 is 0. The lowest BCUT2D eigenvalue weighted by molar-refractivity contribution is 0.182. The third-order valence-corrected chi connectivity index (χ3v) is 3.79. The average Bonchev–Trinajstić information content (AvgIpc) is 3.09. The van der Waals surface area contributed by atoms with Gasteiger partial charge in [0.2, 0.25) is 0 Å². The second-order valence-corrected chi connectivity index (χ2v) is 5.42. The highest BCUT2D eigenvalue weighted by atomic mass is 16.5. The minimum Gasteiger partial charge on any atom is -0.492 e. The number of hydrogen-bond acceptors (Lipinski definition) is 3. The summed E-state index contributed by atoms with van der Waals surface area (Å²) in [5, 5.41) is 12.7. The van der Waals surface area contributed by atoms with E-state index in [1.807, 2.05) is 0 Å². The lowest BCUT2D eigenvalue weighted by atomic mass is 10.1. The van der Waals surface area contributed by atoms with Crippen LogP contribution in [0, 0.1) is 0 Å². The first-order valence-electron chi connectivity index (χ1n) is 6.96. The minimum atomic E-state index is 0.0609. The van der Waals surface area contributed by atoms with E-state index in [1.54, 1.807) is 0 Å². The number of fused-ring (bicyclic) bond motifs is 1. The SMILES string of the molecule is OCC(COc1ccc2c(c1)CCC2)NC1CC1. The highest BCUT2D eigenvalue weighted by Gasteiger charge is 2.24. The van der Waals surface area contributed by atoms with Crippen LogP contribution in [0.4, 0.5) is 0 Å². The summed E-state index contributed by atoms with van der Waals surface area (Å²) in [6, 6.07) is 7.06. The summed E-state index contributed by atoms with van der Waals surface area (Å²) in [5.74, 6) is 0.937. The van der Waals surface area contributed by atoms with Gasteiger partial charge in [-0.15, -0.1) is 0 Å². The summed E-state index contributed by atoms with van der Waals surface area (Å²) in [6.45, 7) is 0.688. The molecule has 1 aromatic rings. The van der Waals surface area contributed by atoms with Crippen molar-refractivity contribution in [1.29, 1.82) is 0 Å². The number of aliphatic hydroxyl groups excluding tert-OH is 1. The molecule has 0 radical (unpaired) electrons. The maximum absolute atomic E-state index is 9.29. The smallest absolute Gasteiger partial charge is 0.119 e. The van der Waals surface area contributed by atoms with Crippen molar-refractivity contribution in [2.75, 3.05) is 13.2 Å². The molecule has 2 N–H and O–H groups in total. The zero-order chi connectivity index (χ0) is 12.4. The van der Waals surface area contributed by atoms with E-state index in [0.717, 1.165) is 5.75 Å².